The smallest absolute Gasteiger partial charge is 0.264 e. The molecule has 7 nitrogen and oxygen atoms in total. The summed E-state index contributed by atoms with van der Waals surface area (Å²) in [5.74, 6) is 0.952. The van der Waals surface area contributed by atoms with E-state index in [1.165, 1.54) is 11.6 Å². The lowest BCUT2D eigenvalue weighted by atomic mass is 9.85. The molecule has 132 valence electrons. The van der Waals surface area contributed by atoms with Crippen LogP contribution in [0.5, 0.6) is 0 Å². The highest BCUT2D eigenvalue weighted by molar-refractivity contribution is 5.95. The van der Waals surface area contributed by atoms with Crippen molar-refractivity contribution in [1.82, 2.24) is 20.0 Å². The van der Waals surface area contributed by atoms with E-state index in [4.69, 9.17) is 0 Å². The number of rotatable bonds is 3. The first-order chi connectivity index (χ1) is 12.6. The second kappa shape index (κ2) is 6.25. The van der Waals surface area contributed by atoms with Crippen LogP contribution in [0.3, 0.4) is 0 Å². The molecule has 1 aliphatic rings. The Hall–Kier alpha value is -3.22. The van der Waals surface area contributed by atoms with Gasteiger partial charge >= 0.3 is 0 Å². The predicted molar refractivity (Wildman–Crippen MR) is 97.6 cm³/mol. The largest absolute Gasteiger partial charge is 0.310 e. The Morgan fingerprint density at radius 3 is 2.58 bits per heavy atom. The first-order valence-electron chi connectivity index (χ1n) is 8.61. The van der Waals surface area contributed by atoms with Crippen LogP contribution in [-0.2, 0) is 11.2 Å². The average molecular weight is 349 g/mol. The van der Waals surface area contributed by atoms with Crippen LogP contribution in [0.4, 0.5) is 5.82 Å². The maximum atomic E-state index is 12.3. The second-order valence-corrected chi connectivity index (χ2v) is 6.44. The third-order valence-electron chi connectivity index (χ3n) is 4.77. The zero-order valence-electron chi connectivity index (χ0n) is 14.6. The fraction of sp³-hybridized carbons (Fsp3) is 0.263. The first kappa shape index (κ1) is 16.3. The Bertz CT molecular complexity index is 1010. The Morgan fingerprint density at radius 1 is 1.15 bits per heavy atom. The Labute approximate surface area is 150 Å². The Kier molecular flexibility index (Phi) is 3.91. The number of aromatic amines is 1. The molecule has 0 fully saturated rings. The number of aromatic nitrogens is 4. The van der Waals surface area contributed by atoms with Crippen LogP contribution in [0, 0.1) is 6.92 Å². The minimum Gasteiger partial charge on any atom is -0.310 e. The van der Waals surface area contributed by atoms with Gasteiger partial charge in [-0.3, -0.25) is 9.59 Å². The second-order valence-electron chi connectivity index (χ2n) is 6.44. The third kappa shape index (κ3) is 2.71. The van der Waals surface area contributed by atoms with Crippen molar-refractivity contribution in [2.75, 3.05) is 5.32 Å². The number of carbonyl (C=O) groups excluding carboxylic acids is 1. The maximum absolute atomic E-state index is 12.3. The molecule has 2 aromatic heterocycles. The van der Waals surface area contributed by atoms with Crippen molar-refractivity contribution >= 4 is 11.7 Å². The van der Waals surface area contributed by atoms with Crippen LogP contribution in [0.25, 0.3) is 5.82 Å². The van der Waals surface area contributed by atoms with Crippen molar-refractivity contribution in [3.63, 3.8) is 0 Å². The SMILES string of the molecule is CCc1ccc([C@H]2CC(=O)Nc3c2c(C)nn3-c2ccc(=O)[nH]n2)cc1. The van der Waals surface area contributed by atoms with E-state index in [1.54, 1.807) is 10.7 Å². The number of fused-ring (bicyclic) bond motifs is 1. The summed E-state index contributed by atoms with van der Waals surface area (Å²) >= 11 is 0. The monoisotopic (exact) mass is 349 g/mol. The fourth-order valence-corrected chi connectivity index (χ4v) is 3.44. The van der Waals surface area contributed by atoms with Crippen molar-refractivity contribution in [3.05, 3.63) is 69.1 Å². The molecule has 3 heterocycles. The number of aryl methyl sites for hydroxylation is 2. The average Bonchev–Trinajstić information content (AvgIpc) is 2.98. The van der Waals surface area contributed by atoms with Gasteiger partial charge in [0.05, 0.1) is 5.69 Å². The molecule has 4 rings (SSSR count). The van der Waals surface area contributed by atoms with Crippen molar-refractivity contribution < 1.29 is 4.79 Å². The molecule has 0 spiro atoms. The van der Waals surface area contributed by atoms with Crippen molar-refractivity contribution in [2.24, 2.45) is 0 Å². The highest BCUT2D eigenvalue weighted by atomic mass is 16.1. The molecule has 0 saturated carbocycles. The number of benzene rings is 1. The lowest BCUT2D eigenvalue weighted by Gasteiger charge is -2.24. The molecule has 1 amide bonds. The molecule has 1 aliphatic heterocycles. The molecule has 26 heavy (non-hydrogen) atoms. The van der Waals surface area contributed by atoms with Gasteiger partial charge in [-0.05, 0) is 30.5 Å². The van der Waals surface area contributed by atoms with Gasteiger partial charge in [0, 0.05) is 24.0 Å². The van der Waals surface area contributed by atoms with Gasteiger partial charge in [0.2, 0.25) is 5.91 Å². The molecule has 0 saturated heterocycles. The van der Waals surface area contributed by atoms with Crippen molar-refractivity contribution in [3.8, 4) is 5.82 Å². The number of hydrogen-bond acceptors (Lipinski definition) is 4. The zero-order valence-corrected chi connectivity index (χ0v) is 14.6. The van der Waals surface area contributed by atoms with E-state index in [0.717, 1.165) is 23.2 Å². The van der Waals surface area contributed by atoms with Gasteiger partial charge in [-0.15, -0.1) is 0 Å². The Balaban J connectivity index is 1.83. The summed E-state index contributed by atoms with van der Waals surface area (Å²) in [5.41, 5.74) is 3.89. The lowest BCUT2D eigenvalue weighted by Crippen LogP contribution is -2.25. The molecular weight excluding hydrogens is 330 g/mol. The fourth-order valence-electron chi connectivity index (χ4n) is 3.44. The number of nitrogens with one attached hydrogen (secondary N) is 2. The van der Waals surface area contributed by atoms with E-state index in [1.807, 2.05) is 6.92 Å². The van der Waals surface area contributed by atoms with E-state index < -0.39 is 0 Å². The number of anilines is 1. The van der Waals surface area contributed by atoms with Crippen LogP contribution in [0.2, 0.25) is 0 Å². The summed E-state index contributed by atoms with van der Waals surface area (Å²) in [6.07, 6.45) is 1.36. The number of amides is 1. The zero-order chi connectivity index (χ0) is 18.3. The lowest BCUT2D eigenvalue weighted by molar-refractivity contribution is -0.116. The van der Waals surface area contributed by atoms with Crippen LogP contribution in [0.1, 0.15) is 41.6 Å². The standard InChI is InChI=1S/C19H19N5O2/c1-3-12-4-6-13(7-5-12)14-10-17(26)20-19-18(14)11(2)23-24(19)15-8-9-16(25)22-21-15/h4-9,14H,3,10H2,1-2H3,(H,20,26)(H,22,25)/t14-/m1/s1. The predicted octanol–water partition coefficient (Wildman–Crippen LogP) is 2.30. The molecule has 1 aromatic carbocycles. The van der Waals surface area contributed by atoms with E-state index in [2.05, 4.69) is 51.8 Å². The summed E-state index contributed by atoms with van der Waals surface area (Å²) in [5, 5.41) is 13.9. The minimum atomic E-state index is -0.288. The van der Waals surface area contributed by atoms with Gasteiger partial charge in [0.15, 0.2) is 5.82 Å². The molecule has 7 heteroatoms. The molecule has 0 bridgehead atoms. The van der Waals surface area contributed by atoms with E-state index in [0.29, 0.717) is 18.1 Å². The summed E-state index contributed by atoms with van der Waals surface area (Å²) in [7, 11) is 0. The third-order valence-corrected chi connectivity index (χ3v) is 4.77. The van der Waals surface area contributed by atoms with Gasteiger partial charge in [-0.2, -0.15) is 14.9 Å². The normalized spacial score (nSPS) is 16.2. The number of carbonyl (C=O) groups is 1. The van der Waals surface area contributed by atoms with Gasteiger partial charge in [0.1, 0.15) is 5.82 Å². The highest BCUT2D eigenvalue weighted by Gasteiger charge is 2.32. The minimum absolute atomic E-state index is 0.0545. The number of nitrogens with zero attached hydrogens (tertiary/aromatic N) is 3. The summed E-state index contributed by atoms with van der Waals surface area (Å²) in [6, 6.07) is 11.3. The topological polar surface area (TPSA) is 92.7 Å². The molecule has 0 aliphatic carbocycles. The number of H-pyrrole nitrogens is 1. The highest BCUT2D eigenvalue weighted by Crippen LogP contribution is 2.39. The molecule has 0 radical (unpaired) electrons. The van der Waals surface area contributed by atoms with Crippen molar-refractivity contribution in [1.29, 1.82) is 0 Å². The molecule has 2 N–H and O–H groups in total. The van der Waals surface area contributed by atoms with Gasteiger partial charge < -0.3 is 5.32 Å². The van der Waals surface area contributed by atoms with E-state index >= 15 is 0 Å². The van der Waals surface area contributed by atoms with E-state index in [9.17, 15) is 9.59 Å². The van der Waals surface area contributed by atoms with Crippen LogP contribution >= 0.6 is 0 Å². The molecule has 3 aromatic rings. The van der Waals surface area contributed by atoms with Crippen LogP contribution < -0.4 is 10.9 Å². The van der Waals surface area contributed by atoms with Gasteiger partial charge in [-0.25, -0.2) is 5.10 Å². The molecular formula is C19H19N5O2. The van der Waals surface area contributed by atoms with Gasteiger partial charge in [0.25, 0.3) is 5.56 Å². The summed E-state index contributed by atoms with van der Waals surface area (Å²) < 4.78 is 1.57. The van der Waals surface area contributed by atoms with Crippen LogP contribution in [-0.4, -0.2) is 25.9 Å². The Morgan fingerprint density at radius 2 is 1.92 bits per heavy atom. The summed E-state index contributed by atoms with van der Waals surface area (Å²) in [6.45, 7) is 4.04. The van der Waals surface area contributed by atoms with Crippen LogP contribution in [0.15, 0.2) is 41.2 Å². The van der Waals surface area contributed by atoms with Gasteiger partial charge in [-0.1, -0.05) is 31.2 Å². The molecule has 0 unspecified atom stereocenters. The molecule has 1 atom stereocenters. The summed E-state index contributed by atoms with van der Waals surface area (Å²) in [4.78, 5) is 23.6. The number of hydrogen-bond donors (Lipinski definition) is 2. The maximum Gasteiger partial charge on any atom is 0.264 e. The quantitative estimate of drug-likeness (QED) is 0.759. The van der Waals surface area contributed by atoms with E-state index in [-0.39, 0.29) is 17.4 Å². The van der Waals surface area contributed by atoms with Crippen molar-refractivity contribution in [2.45, 2.75) is 32.6 Å². The first-order valence-corrected chi connectivity index (χ1v) is 8.61.